The molecule has 3 atom stereocenters. The van der Waals surface area contributed by atoms with Crippen LogP contribution < -0.4 is 0 Å². The average molecular weight is 170 g/mol. The molecule has 0 heterocycles. The monoisotopic (exact) mass is 170 g/mol. The van der Waals surface area contributed by atoms with Gasteiger partial charge in [0.25, 0.3) is 0 Å². The Labute approximate surface area is 76.2 Å². The van der Waals surface area contributed by atoms with Crippen molar-refractivity contribution >= 4 is 0 Å². The van der Waals surface area contributed by atoms with Gasteiger partial charge in [0.15, 0.2) is 0 Å². The summed E-state index contributed by atoms with van der Waals surface area (Å²) in [5.74, 6) is 1.83. The summed E-state index contributed by atoms with van der Waals surface area (Å²) >= 11 is 0. The molecule has 0 aromatic carbocycles. The Morgan fingerprint density at radius 1 is 1.33 bits per heavy atom. The Balaban J connectivity index is 2.64. The largest absolute Gasteiger partial charge is 0.390 e. The van der Waals surface area contributed by atoms with Gasteiger partial charge in [-0.1, -0.05) is 27.2 Å². The Hall–Kier alpha value is -0.0400. The molecule has 0 aliphatic heterocycles. The molecule has 0 saturated heterocycles. The van der Waals surface area contributed by atoms with E-state index >= 15 is 0 Å². The minimum Gasteiger partial charge on any atom is -0.390 e. The van der Waals surface area contributed by atoms with Gasteiger partial charge in [0.1, 0.15) is 0 Å². The van der Waals surface area contributed by atoms with E-state index in [1.54, 1.807) is 0 Å². The van der Waals surface area contributed by atoms with Gasteiger partial charge in [-0.05, 0) is 37.5 Å². The Bertz CT molecular complexity index is 149. The first-order valence-electron chi connectivity index (χ1n) is 5.16. The van der Waals surface area contributed by atoms with Crippen LogP contribution in [0.2, 0.25) is 0 Å². The van der Waals surface area contributed by atoms with E-state index in [0.29, 0.717) is 17.8 Å². The van der Waals surface area contributed by atoms with Crippen molar-refractivity contribution in [3.8, 4) is 0 Å². The SMILES string of the molecule is CC(C)[C@@H]1CC[C@@H](C)C[C@@]1(C)O. The molecule has 1 saturated carbocycles. The van der Waals surface area contributed by atoms with Crippen LogP contribution in [0.3, 0.4) is 0 Å². The third-order valence-corrected chi connectivity index (χ3v) is 3.34. The summed E-state index contributed by atoms with van der Waals surface area (Å²) < 4.78 is 0. The van der Waals surface area contributed by atoms with E-state index in [1.807, 2.05) is 6.92 Å². The lowest BCUT2D eigenvalue weighted by molar-refractivity contribution is -0.0649. The van der Waals surface area contributed by atoms with Crippen molar-refractivity contribution in [1.82, 2.24) is 0 Å². The zero-order chi connectivity index (χ0) is 9.35. The standard InChI is InChI=1S/C11H22O/c1-8(2)10-6-5-9(3)7-11(10,4)12/h8-10,12H,5-7H2,1-4H3/t9-,10+,11-/m1/s1. The van der Waals surface area contributed by atoms with Crippen LogP contribution in [-0.2, 0) is 0 Å². The molecule has 0 bridgehead atoms. The van der Waals surface area contributed by atoms with Gasteiger partial charge in [0, 0.05) is 0 Å². The molecule has 1 aliphatic carbocycles. The lowest BCUT2D eigenvalue weighted by Gasteiger charge is -2.42. The smallest absolute Gasteiger partial charge is 0.0652 e. The topological polar surface area (TPSA) is 20.2 Å². The summed E-state index contributed by atoms with van der Waals surface area (Å²) in [6, 6.07) is 0. The van der Waals surface area contributed by atoms with Crippen LogP contribution in [0.15, 0.2) is 0 Å². The van der Waals surface area contributed by atoms with Gasteiger partial charge in [0.05, 0.1) is 5.60 Å². The van der Waals surface area contributed by atoms with Gasteiger partial charge >= 0.3 is 0 Å². The fraction of sp³-hybridized carbons (Fsp3) is 1.00. The Morgan fingerprint density at radius 3 is 2.33 bits per heavy atom. The zero-order valence-corrected chi connectivity index (χ0v) is 8.80. The van der Waals surface area contributed by atoms with Crippen LogP contribution in [0.5, 0.6) is 0 Å². The quantitative estimate of drug-likeness (QED) is 0.641. The second kappa shape index (κ2) is 3.37. The van der Waals surface area contributed by atoms with Crippen LogP contribution in [0, 0.1) is 17.8 Å². The number of hydrogen-bond acceptors (Lipinski definition) is 1. The van der Waals surface area contributed by atoms with Gasteiger partial charge < -0.3 is 5.11 Å². The summed E-state index contributed by atoms with van der Waals surface area (Å²) in [6.45, 7) is 8.68. The summed E-state index contributed by atoms with van der Waals surface area (Å²) in [6.07, 6.45) is 3.47. The lowest BCUT2D eigenvalue weighted by Crippen LogP contribution is -2.42. The second-order valence-electron chi connectivity index (χ2n) is 5.09. The lowest BCUT2D eigenvalue weighted by atomic mass is 9.68. The van der Waals surface area contributed by atoms with E-state index in [9.17, 15) is 5.11 Å². The first-order valence-corrected chi connectivity index (χ1v) is 5.16. The van der Waals surface area contributed by atoms with Gasteiger partial charge in [-0.15, -0.1) is 0 Å². The minimum atomic E-state index is -0.411. The highest BCUT2D eigenvalue weighted by Gasteiger charge is 2.38. The first kappa shape index (κ1) is 10.0. The maximum Gasteiger partial charge on any atom is 0.0652 e. The maximum atomic E-state index is 10.2. The second-order valence-corrected chi connectivity index (χ2v) is 5.09. The van der Waals surface area contributed by atoms with Crippen molar-refractivity contribution in [2.45, 2.75) is 52.6 Å². The van der Waals surface area contributed by atoms with Crippen molar-refractivity contribution in [3.05, 3.63) is 0 Å². The van der Waals surface area contributed by atoms with E-state index < -0.39 is 5.60 Å². The fourth-order valence-electron chi connectivity index (χ4n) is 2.79. The molecule has 0 amide bonds. The third-order valence-electron chi connectivity index (χ3n) is 3.34. The van der Waals surface area contributed by atoms with Crippen molar-refractivity contribution in [2.24, 2.45) is 17.8 Å². The van der Waals surface area contributed by atoms with E-state index in [-0.39, 0.29) is 0 Å². The van der Waals surface area contributed by atoms with Crippen LogP contribution in [0.1, 0.15) is 47.0 Å². The maximum absolute atomic E-state index is 10.2. The summed E-state index contributed by atoms with van der Waals surface area (Å²) in [7, 11) is 0. The molecule has 12 heavy (non-hydrogen) atoms. The van der Waals surface area contributed by atoms with E-state index in [4.69, 9.17) is 0 Å². The average Bonchev–Trinajstić information content (AvgIpc) is 1.82. The normalized spacial score (nSPS) is 43.5. The van der Waals surface area contributed by atoms with Crippen LogP contribution >= 0.6 is 0 Å². The number of hydrogen-bond donors (Lipinski definition) is 1. The molecule has 0 radical (unpaired) electrons. The molecule has 1 fully saturated rings. The number of aliphatic hydroxyl groups is 1. The molecular formula is C11H22O. The Kier molecular flexibility index (Phi) is 2.82. The predicted molar refractivity (Wildman–Crippen MR) is 52.0 cm³/mol. The molecule has 72 valence electrons. The third kappa shape index (κ3) is 2.01. The molecule has 0 aromatic heterocycles. The summed E-state index contributed by atoms with van der Waals surface area (Å²) in [4.78, 5) is 0. The van der Waals surface area contributed by atoms with Crippen molar-refractivity contribution in [1.29, 1.82) is 0 Å². The van der Waals surface area contributed by atoms with Gasteiger partial charge in [0.2, 0.25) is 0 Å². The summed E-state index contributed by atoms with van der Waals surface area (Å²) in [5.41, 5.74) is -0.411. The van der Waals surface area contributed by atoms with Crippen LogP contribution in [0.4, 0.5) is 0 Å². The van der Waals surface area contributed by atoms with Crippen molar-refractivity contribution in [3.63, 3.8) is 0 Å². The highest BCUT2D eigenvalue weighted by atomic mass is 16.3. The summed E-state index contributed by atoms with van der Waals surface area (Å²) in [5, 5.41) is 10.2. The molecule has 1 rings (SSSR count). The van der Waals surface area contributed by atoms with E-state index in [1.165, 1.54) is 12.8 Å². The van der Waals surface area contributed by atoms with Crippen molar-refractivity contribution in [2.75, 3.05) is 0 Å². The molecule has 1 heteroatoms. The van der Waals surface area contributed by atoms with Gasteiger partial charge in [-0.3, -0.25) is 0 Å². The highest BCUT2D eigenvalue weighted by Crippen LogP contribution is 2.40. The Morgan fingerprint density at radius 2 is 1.92 bits per heavy atom. The molecule has 1 aliphatic rings. The molecule has 0 spiro atoms. The van der Waals surface area contributed by atoms with E-state index in [2.05, 4.69) is 20.8 Å². The highest BCUT2D eigenvalue weighted by molar-refractivity contribution is 4.89. The van der Waals surface area contributed by atoms with Crippen molar-refractivity contribution < 1.29 is 5.11 Å². The van der Waals surface area contributed by atoms with Gasteiger partial charge in [-0.2, -0.15) is 0 Å². The van der Waals surface area contributed by atoms with Gasteiger partial charge in [-0.25, -0.2) is 0 Å². The predicted octanol–water partition coefficient (Wildman–Crippen LogP) is 2.83. The molecule has 1 nitrogen and oxygen atoms in total. The number of rotatable bonds is 1. The van der Waals surface area contributed by atoms with Crippen LogP contribution in [-0.4, -0.2) is 10.7 Å². The first-order chi connectivity index (χ1) is 5.43. The molecule has 0 unspecified atom stereocenters. The fourth-order valence-corrected chi connectivity index (χ4v) is 2.79. The molecular weight excluding hydrogens is 148 g/mol. The zero-order valence-electron chi connectivity index (χ0n) is 8.80. The van der Waals surface area contributed by atoms with Crippen LogP contribution in [0.25, 0.3) is 0 Å². The van der Waals surface area contributed by atoms with E-state index in [0.717, 1.165) is 6.42 Å². The minimum absolute atomic E-state index is 0.411. The molecule has 1 N–H and O–H groups in total. The molecule has 0 aromatic rings.